The fraction of sp³-hybridized carbons (Fsp3) is 0.214. The largest absolute Gasteiger partial charge is 0.497 e. The molecule has 2 rings (SSSR count). The number of methoxy groups -OCH3 is 1. The van der Waals surface area contributed by atoms with Gasteiger partial charge in [-0.15, -0.1) is 11.3 Å². The van der Waals surface area contributed by atoms with Gasteiger partial charge in [0.1, 0.15) is 11.5 Å². The molecule has 2 aromatic rings. The third-order valence-corrected chi connectivity index (χ3v) is 4.54. The monoisotopic (exact) mass is 324 g/mol. The molecule has 0 unspecified atom stereocenters. The highest BCUT2D eigenvalue weighted by Crippen LogP contribution is 2.23. The van der Waals surface area contributed by atoms with Crippen LogP contribution >= 0.6 is 27.3 Å². The first kappa shape index (κ1) is 13.3. The average molecular weight is 325 g/mol. The Labute approximate surface area is 119 Å². The van der Waals surface area contributed by atoms with E-state index >= 15 is 0 Å². The van der Waals surface area contributed by atoms with E-state index in [2.05, 4.69) is 15.9 Å². The van der Waals surface area contributed by atoms with Gasteiger partial charge in [-0.05, 0) is 45.1 Å². The fourth-order valence-electron chi connectivity index (χ4n) is 1.66. The molecule has 94 valence electrons. The minimum Gasteiger partial charge on any atom is -0.497 e. The molecule has 0 spiro atoms. The Morgan fingerprint density at radius 3 is 2.50 bits per heavy atom. The molecule has 0 bridgehead atoms. The zero-order valence-corrected chi connectivity index (χ0v) is 12.4. The molecule has 0 N–H and O–H groups in total. The Balaban J connectivity index is 1.96. The van der Waals surface area contributed by atoms with Gasteiger partial charge in [0, 0.05) is 22.2 Å². The average Bonchev–Trinajstić information content (AvgIpc) is 2.76. The van der Waals surface area contributed by atoms with Gasteiger partial charge in [0.15, 0.2) is 0 Å². The molecule has 0 atom stereocenters. The molecule has 18 heavy (non-hydrogen) atoms. The molecule has 0 amide bonds. The Kier molecular flexibility index (Phi) is 4.55. The fourth-order valence-corrected chi connectivity index (χ4v) is 3.18. The maximum atomic E-state index is 11.9. The van der Waals surface area contributed by atoms with Crippen molar-refractivity contribution in [3.05, 3.63) is 50.6 Å². The van der Waals surface area contributed by atoms with Crippen molar-refractivity contribution in [2.75, 3.05) is 7.11 Å². The van der Waals surface area contributed by atoms with Gasteiger partial charge in [0.2, 0.25) is 0 Å². The lowest BCUT2D eigenvalue weighted by molar-refractivity contribution is -0.117. The van der Waals surface area contributed by atoms with Crippen LogP contribution in [0.2, 0.25) is 0 Å². The second-order valence-corrected chi connectivity index (χ2v) is 5.79. The lowest BCUT2D eigenvalue weighted by Crippen LogP contribution is -2.05. The summed E-state index contributed by atoms with van der Waals surface area (Å²) in [5.41, 5.74) is 1.02. The lowest BCUT2D eigenvalue weighted by atomic mass is 10.1. The summed E-state index contributed by atoms with van der Waals surface area (Å²) in [6.45, 7) is 0. The Bertz CT molecular complexity index is 531. The van der Waals surface area contributed by atoms with Crippen molar-refractivity contribution in [2.24, 2.45) is 0 Å². The highest BCUT2D eigenvalue weighted by molar-refractivity contribution is 9.10. The number of rotatable bonds is 5. The van der Waals surface area contributed by atoms with Gasteiger partial charge in [0.25, 0.3) is 0 Å². The maximum absolute atomic E-state index is 11.9. The first-order valence-corrected chi connectivity index (χ1v) is 7.23. The van der Waals surface area contributed by atoms with Crippen molar-refractivity contribution < 1.29 is 9.53 Å². The van der Waals surface area contributed by atoms with Crippen LogP contribution in [-0.2, 0) is 17.6 Å². The maximum Gasteiger partial charge on any atom is 0.142 e. The lowest BCUT2D eigenvalue weighted by Gasteiger charge is -2.03. The van der Waals surface area contributed by atoms with E-state index in [4.69, 9.17) is 4.74 Å². The van der Waals surface area contributed by atoms with Crippen LogP contribution in [0, 0.1) is 0 Å². The smallest absolute Gasteiger partial charge is 0.142 e. The van der Waals surface area contributed by atoms with Gasteiger partial charge in [0.05, 0.1) is 7.11 Å². The summed E-state index contributed by atoms with van der Waals surface area (Å²) in [6, 6.07) is 9.59. The zero-order chi connectivity index (χ0) is 13.0. The number of carbonyl (C=O) groups excluding carboxylic acids is 1. The van der Waals surface area contributed by atoms with Crippen molar-refractivity contribution in [3.8, 4) is 5.75 Å². The predicted molar refractivity (Wildman–Crippen MR) is 77.4 cm³/mol. The van der Waals surface area contributed by atoms with Crippen molar-refractivity contribution in [1.82, 2.24) is 0 Å². The van der Waals surface area contributed by atoms with Gasteiger partial charge < -0.3 is 4.74 Å². The molecule has 1 aromatic heterocycles. The van der Waals surface area contributed by atoms with Crippen LogP contribution in [-0.4, -0.2) is 12.9 Å². The van der Waals surface area contributed by atoms with Crippen LogP contribution in [0.5, 0.6) is 5.75 Å². The molecule has 1 heterocycles. The molecule has 4 heteroatoms. The summed E-state index contributed by atoms with van der Waals surface area (Å²) in [7, 11) is 1.63. The van der Waals surface area contributed by atoms with Crippen LogP contribution in [0.1, 0.15) is 10.4 Å². The first-order chi connectivity index (χ1) is 8.69. The van der Waals surface area contributed by atoms with E-state index in [1.54, 1.807) is 18.4 Å². The number of hydrogen-bond donors (Lipinski definition) is 0. The van der Waals surface area contributed by atoms with Gasteiger partial charge in [-0.25, -0.2) is 0 Å². The second-order valence-electron chi connectivity index (χ2n) is 3.93. The molecule has 0 aliphatic rings. The molecule has 2 nitrogen and oxygen atoms in total. The molecule has 0 saturated carbocycles. The van der Waals surface area contributed by atoms with Crippen LogP contribution in [0.4, 0.5) is 0 Å². The molecule has 0 fully saturated rings. The van der Waals surface area contributed by atoms with E-state index in [0.717, 1.165) is 20.7 Å². The minimum absolute atomic E-state index is 0.225. The van der Waals surface area contributed by atoms with Gasteiger partial charge in [-0.1, -0.05) is 12.1 Å². The predicted octanol–water partition coefficient (Wildman–Crippen LogP) is 3.87. The summed E-state index contributed by atoms with van der Waals surface area (Å²) in [5.74, 6) is 1.04. The van der Waals surface area contributed by atoms with Crippen LogP contribution < -0.4 is 4.74 Å². The third kappa shape index (κ3) is 3.43. The third-order valence-electron chi connectivity index (χ3n) is 2.61. The molecule has 0 radical (unpaired) electrons. The quantitative estimate of drug-likeness (QED) is 0.834. The Morgan fingerprint density at radius 2 is 1.94 bits per heavy atom. The summed E-state index contributed by atoms with van der Waals surface area (Å²) in [6.07, 6.45) is 0.957. The van der Waals surface area contributed by atoms with E-state index < -0.39 is 0 Å². The number of benzene rings is 1. The summed E-state index contributed by atoms with van der Waals surface area (Å²) >= 11 is 5.05. The number of ketones is 1. The number of halogens is 1. The van der Waals surface area contributed by atoms with Crippen molar-refractivity contribution >= 4 is 33.0 Å². The Hall–Kier alpha value is -1.13. The molecule has 0 aliphatic heterocycles. The normalized spacial score (nSPS) is 10.3. The highest BCUT2D eigenvalue weighted by atomic mass is 79.9. The van der Waals surface area contributed by atoms with Crippen molar-refractivity contribution in [2.45, 2.75) is 12.8 Å². The van der Waals surface area contributed by atoms with Gasteiger partial charge in [-0.2, -0.15) is 0 Å². The van der Waals surface area contributed by atoms with E-state index in [1.165, 1.54) is 0 Å². The standard InChI is InChI=1S/C14H13BrO2S/c1-17-12-4-2-10(3-5-12)8-11(16)9-14-13(15)6-7-18-14/h2-7H,8-9H2,1H3. The Morgan fingerprint density at radius 1 is 1.22 bits per heavy atom. The number of carbonyl (C=O) groups is 1. The van der Waals surface area contributed by atoms with Gasteiger partial charge in [-0.3, -0.25) is 4.79 Å². The van der Waals surface area contributed by atoms with Crippen molar-refractivity contribution in [1.29, 1.82) is 0 Å². The van der Waals surface area contributed by atoms with E-state index in [0.29, 0.717) is 12.8 Å². The molecular weight excluding hydrogens is 312 g/mol. The van der Waals surface area contributed by atoms with E-state index in [-0.39, 0.29) is 5.78 Å². The second kappa shape index (κ2) is 6.16. The SMILES string of the molecule is COc1ccc(CC(=O)Cc2sccc2Br)cc1. The number of hydrogen-bond acceptors (Lipinski definition) is 3. The van der Waals surface area contributed by atoms with Gasteiger partial charge >= 0.3 is 0 Å². The molecule has 1 aromatic carbocycles. The first-order valence-electron chi connectivity index (χ1n) is 5.55. The zero-order valence-electron chi connectivity index (χ0n) is 9.98. The van der Waals surface area contributed by atoms with Crippen LogP contribution in [0.15, 0.2) is 40.2 Å². The van der Waals surface area contributed by atoms with Crippen LogP contribution in [0.25, 0.3) is 0 Å². The topological polar surface area (TPSA) is 26.3 Å². The van der Waals surface area contributed by atoms with E-state index in [1.807, 2.05) is 35.7 Å². The summed E-state index contributed by atoms with van der Waals surface area (Å²) in [5, 5.41) is 1.99. The summed E-state index contributed by atoms with van der Waals surface area (Å²) in [4.78, 5) is 13.0. The number of ether oxygens (including phenoxy) is 1. The summed E-state index contributed by atoms with van der Waals surface area (Å²) < 4.78 is 6.11. The molecular formula is C14H13BrO2S. The van der Waals surface area contributed by atoms with Crippen LogP contribution in [0.3, 0.4) is 0 Å². The minimum atomic E-state index is 0.225. The highest BCUT2D eigenvalue weighted by Gasteiger charge is 2.09. The van der Waals surface area contributed by atoms with E-state index in [9.17, 15) is 4.79 Å². The number of thiophene rings is 1. The number of Topliss-reactive ketones (excluding diaryl/α,β-unsaturated/α-hetero) is 1. The van der Waals surface area contributed by atoms with Crippen molar-refractivity contribution in [3.63, 3.8) is 0 Å². The molecule has 0 saturated heterocycles. The molecule has 0 aliphatic carbocycles.